The number of carboxylic acid groups (broad SMARTS) is 1. The Kier molecular flexibility index (Phi) is 6.07. The third kappa shape index (κ3) is 4.55. The number of carbonyl (C=O) groups excluding carboxylic acids is 3. The van der Waals surface area contributed by atoms with E-state index in [1.54, 1.807) is 28.1 Å². The van der Waals surface area contributed by atoms with Gasteiger partial charge in [0.05, 0.1) is 12.4 Å². The van der Waals surface area contributed by atoms with Gasteiger partial charge >= 0.3 is 10.1 Å². The molecule has 0 saturated carbocycles. The molecule has 0 aromatic carbocycles. The number of aromatic carboxylic acids is 1. The first-order valence-electron chi connectivity index (χ1n) is 9.30. The maximum atomic E-state index is 12.5. The minimum Gasteiger partial charge on any atom is -0.545 e. The molecule has 13 heteroatoms. The molecule has 2 aliphatic rings. The first kappa shape index (κ1) is 22.5. The van der Waals surface area contributed by atoms with Gasteiger partial charge in [0.15, 0.2) is 23.1 Å². The first-order chi connectivity index (χ1) is 15.1. The van der Waals surface area contributed by atoms with E-state index in [0.29, 0.717) is 12.3 Å². The highest BCUT2D eigenvalue weighted by molar-refractivity contribution is 8.00. The van der Waals surface area contributed by atoms with Gasteiger partial charge in [0.2, 0.25) is 5.91 Å². The summed E-state index contributed by atoms with van der Waals surface area (Å²) in [5.41, 5.74) is 1.21. The molecule has 4 rings (SSSR count). The van der Waals surface area contributed by atoms with Crippen LogP contribution in [0.25, 0.3) is 0 Å². The van der Waals surface area contributed by atoms with Gasteiger partial charge < -0.3 is 20.1 Å². The van der Waals surface area contributed by atoms with E-state index in [9.17, 15) is 32.5 Å². The second-order valence-corrected chi connectivity index (χ2v) is 10.8. The van der Waals surface area contributed by atoms with E-state index < -0.39 is 28.0 Å². The summed E-state index contributed by atoms with van der Waals surface area (Å²) in [5, 5.41) is 14.7. The molecule has 1 saturated heterocycles. The van der Waals surface area contributed by atoms with Gasteiger partial charge in [0, 0.05) is 35.2 Å². The standard InChI is InChI=1S/C19H17N3O7S3/c23-14(7-13-3-6-30-19(13)32(27,28)29)20-15-16(24)22-9-11(10-31-17(15)22)8-21-4-1-12(2-5-21)18(25)26/h1-6,9,15,17H,7-8,10H2,(H2-,20,23,25,26,27,28,29)/t15?,17-/m0/s1. The highest BCUT2D eigenvalue weighted by atomic mass is 32.3. The van der Waals surface area contributed by atoms with E-state index in [0.717, 1.165) is 16.9 Å². The lowest BCUT2D eigenvalue weighted by Gasteiger charge is -2.47. The van der Waals surface area contributed by atoms with Gasteiger partial charge in [-0.3, -0.25) is 14.1 Å². The predicted octanol–water partition coefficient (Wildman–Crippen LogP) is -0.828. The maximum absolute atomic E-state index is 12.5. The number of fused-ring (bicyclic) bond motifs is 1. The third-order valence-corrected chi connectivity index (χ3v) is 8.74. The average Bonchev–Trinajstić information content (AvgIpc) is 3.21. The van der Waals surface area contributed by atoms with Crippen molar-refractivity contribution < 1.29 is 37.0 Å². The fourth-order valence-electron chi connectivity index (χ4n) is 3.46. The summed E-state index contributed by atoms with van der Waals surface area (Å²) in [6.07, 6.45) is 4.71. The Hall–Kier alpha value is -2.74. The topological polar surface area (TPSA) is 148 Å². The number of nitrogens with one attached hydrogen (secondary N) is 1. The zero-order valence-electron chi connectivity index (χ0n) is 16.3. The van der Waals surface area contributed by atoms with E-state index in [2.05, 4.69) is 5.32 Å². The molecule has 32 heavy (non-hydrogen) atoms. The van der Waals surface area contributed by atoms with Crippen molar-refractivity contribution in [2.24, 2.45) is 0 Å². The summed E-state index contributed by atoms with van der Waals surface area (Å²) < 4.78 is 33.5. The molecule has 10 nitrogen and oxygen atoms in total. The summed E-state index contributed by atoms with van der Waals surface area (Å²) in [5.74, 6) is -1.41. The minimum absolute atomic E-state index is 0.0796. The Morgan fingerprint density at radius 1 is 1.28 bits per heavy atom. The Morgan fingerprint density at radius 3 is 2.66 bits per heavy atom. The summed E-state index contributed by atoms with van der Waals surface area (Å²) in [4.78, 5) is 37.3. The molecule has 1 unspecified atom stereocenters. The first-order valence-corrected chi connectivity index (χ1v) is 12.7. The molecular formula is C19H17N3O7S3. The molecule has 0 spiro atoms. The monoisotopic (exact) mass is 495 g/mol. The summed E-state index contributed by atoms with van der Waals surface area (Å²) >= 11 is 2.31. The van der Waals surface area contributed by atoms with Crippen LogP contribution in [0.3, 0.4) is 0 Å². The fourth-order valence-corrected chi connectivity index (χ4v) is 6.48. The van der Waals surface area contributed by atoms with Crippen LogP contribution in [0.5, 0.6) is 0 Å². The van der Waals surface area contributed by atoms with E-state index in [-0.39, 0.29) is 33.0 Å². The van der Waals surface area contributed by atoms with Crippen molar-refractivity contribution in [3.05, 3.63) is 58.9 Å². The molecule has 2 aromatic heterocycles. The van der Waals surface area contributed by atoms with Crippen molar-refractivity contribution in [2.75, 3.05) is 5.75 Å². The average molecular weight is 496 g/mol. The Morgan fingerprint density at radius 2 is 2.00 bits per heavy atom. The van der Waals surface area contributed by atoms with Crippen LogP contribution in [0.4, 0.5) is 0 Å². The fraction of sp³-hybridized carbons (Fsp3) is 0.263. The SMILES string of the molecule is O=C(Cc1ccsc1S(=O)(=O)O)NC1C(=O)N2C=C(C[n+]3ccc(C(=O)[O-])cc3)CS[C@@H]12. The summed E-state index contributed by atoms with van der Waals surface area (Å²) in [6.45, 7) is 0.477. The van der Waals surface area contributed by atoms with Gasteiger partial charge in [-0.05, 0) is 17.0 Å². The van der Waals surface area contributed by atoms with Crippen LogP contribution >= 0.6 is 23.1 Å². The Balaban J connectivity index is 1.36. The number of β-lactam (4-membered cyclic amide) rings is 1. The van der Waals surface area contributed by atoms with Gasteiger partial charge in [-0.1, -0.05) is 0 Å². The predicted molar refractivity (Wildman–Crippen MR) is 112 cm³/mol. The van der Waals surface area contributed by atoms with Gasteiger partial charge in [0.25, 0.3) is 5.91 Å². The molecule has 0 bridgehead atoms. The van der Waals surface area contributed by atoms with Gasteiger partial charge in [-0.25, -0.2) is 4.57 Å². The highest BCUT2D eigenvalue weighted by Crippen LogP contribution is 2.36. The quantitative estimate of drug-likeness (QED) is 0.287. The van der Waals surface area contributed by atoms with Crippen molar-refractivity contribution in [3.63, 3.8) is 0 Å². The lowest BCUT2D eigenvalue weighted by Crippen LogP contribution is -2.68. The molecular weight excluding hydrogens is 478 g/mol. The number of thiophene rings is 1. The number of hydrogen-bond donors (Lipinski definition) is 2. The van der Waals surface area contributed by atoms with Crippen LogP contribution in [-0.4, -0.2) is 52.8 Å². The molecule has 2 atom stereocenters. The minimum atomic E-state index is -4.41. The van der Waals surface area contributed by atoms with Crippen LogP contribution in [0.15, 0.2) is 52.0 Å². The van der Waals surface area contributed by atoms with E-state index in [4.69, 9.17) is 0 Å². The number of nitrogens with zero attached hydrogens (tertiary/aromatic N) is 2. The van der Waals surface area contributed by atoms with Crippen molar-refractivity contribution in [3.8, 4) is 0 Å². The molecule has 1 fully saturated rings. The smallest absolute Gasteiger partial charge is 0.304 e. The summed E-state index contributed by atoms with van der Waals surface area (Å²) in [6, 6.07) is 3.61. The number of rotatable bonds is 7. The number of aromatic nitrogens is 1. The second kappa shape index (κ2) is 8.65. The Labute approximate surface area is 191 Å². The van der Waals surface area contributed by atoms with Crippen LogP contribution < -0.4 is 15.0 Å². The molecule has 0 aliphatic carbocycles. The van der Waals surface area contributed by atoms with Crippen molar-refractivity contribution >= 4 is 51.0 Å². The summed E-state index contributed by atoms with van der Waals surface area (Å²) in [7, 11) is -4.41. The van der Waals surface area contributed by atoms with E-state index in [1.165, 1.54) is 35.3 Å². The molecule has 4 heterocycles. The zero-order valence-corrected chi connectivity index (χ0v) is 18.8. The lowest BCUT2D eigenvalue weighted by atomic mass is 10.1. The molecule has 2 aromatic rings. The normalized spacial score (nSPS) is 20.2. The molecule has 2 aliphatic heterocycles. The van der Waals surface area contributed by atoms with Crippen molar-refractivity contribution in [1.82, 2.24) is 10.2 Å². The van der Waals surface area contributed by atoms with Crippen LogP contribution in [0.1, 0.15) is 15.9 Å². The Bertz CT molecular complexity index is 1220. The van der Waals surface area contributed by atoms with Crippen molar-refractivity contribution in [1.29, 1.82) is 0 Å². The second-order valence-electron chi connectivity index (χ2n) is 7.21. The van der Waals surface area contributed by atoms with E-state index >= 15 is 0 Å². The number of pyridine rings is 1. The molecule has 0 radical (unpaired) electrons. The van der Waals surface area contributed by atoms with Crippen molar-refractivity contribution in [2.45, 2.75) is 28.6 Å². The van der Waals surface area contributed by atoms with Gasteiger partial charge in [-0.2, -0.15) is 8.42 Å². The number of carboxylic acids is 1. The highest BCUT2D eigenvalue weighted by Gasteiger charge is 2.49. The van der Waals surface area contributed by atoms with E-state index in [1.807, 2.05) is 0 Å². The van der Waals surface area contributed by atoms with Gasteiger partial charge in [-0.15, -0.1) is 23.1 Å². The van der Waals surface area contributed by atoms with Gasteiger partial charge in [0.1, 0.15) is 11.4 Å². The molecule has 168 valence electrons. The third-order valence-electron chi connectivity index (χ3n) is 4.96. The maximum Gasteiger partial charge on any atom is 0.304 e. The lowest BCUT2D eigenvalue weighted by molar-refractivity contribution is -0.689. The molecule has 2 amide bonds. The number of amides is 2. The zero-order chi connectivity index (χ0) is 23.0. The van der Waals surface area contributed by atoms with Crippen LogP contribution in [-0.2, 0) is 32.7 Å². The van der Waals surface area contributed by atoms with Crippen LogP contribution in [0, 0.1) is 0 Å². The number of hydrogen-bond acceptors (Lipinski definition) is 8. The largest absolute Gasteiger partial charge is 0.545 e. The number of thioether (sulfide) groups is 1. The van der Waals surface area contributed by atoms with Crippen LogP contribution in [0.2, 0.25) is 0 Å². The number of carbonyl (C=O) groups is 3. The molecule has 2 N–H and O–H groups in total.